The molecule has 9 nitrogen and oxygen atoms in total. The second-order valence-corrected chi connectivity index (χ2v) is 10.5. The van der Waals surface area contributed by atoms with Gasteiger partial charge in [-0.2, -0.15) is 13.2 Å². The summed E-state index contributed by atoms with van der Waals surface area (Å²) >= 11 is 0. The Labute approximate surface area is 204 Å². The molecule has 0 saturated carbocycles. The highest BCUT2D eigenvalue weighted by atomic mass is 31.2. The molecule has 1 rings (SSSR count). The highest BCUT2D eigenvalue weighted by molar-refractivity contribution is 7.47. The van der Waals surface area contributed by atoms with Gasteiger partial charge in [-0.15, -0.1) is 0 Å². The molecule has 0 aliphatic carbocycles. The van der Waals surface area contributed by atoms with Gasteiger partial charge < -0.3 is 24.7 Å². The quantitative estimate of drug-likeness (QED) is 0.164. The maximum atomic E-state index is 12.5. The fourth-order valence-corrected chi connectivity index (χ4v) is 4.12. The summed E-state index contributed by atoms with van der Waals surface area (Å²) in [5, 5.41) is 8.98. The number of aliphatic carboxylic acids is 1. The van der Waals surface area contributed by atoms with Gasteiger partial charge in [-0.1, -0.05) is 25.7 Å². The number of carbonyl (C=O) groups is 1. The van der Waals surface area contributed by atoms with Gasteiger partial charge in [-0.3, -0.25) is 13.8 Å². The predicted octanol–water partition coefficient (Wildman–Crippen LogP) is 4.93. The summed E-state index contributed by atoms with van der Waals surface area (Å²) in [5.41, 5.74) is -0.711. The lowest BCUT2D eigenvalue weighted by Gasteiger charge is -2.29. The first kappa shape index (κ1) is 33.3. The number of carboxylic acids is 1. The Bertz CT molecular complexity index is 784. The van der Waals surface area contributed by atoms with E-state index in [-0.39, 0.29) is 18.6 Å². The molecule has 3 N–H and O–H groups in total. The van der Waals surface area contributed by atoms with Crippen LogP contribution < -0.4 is 4.74 Å². The minimum Gasteiger partial charge on any atom is -0.870 e. The lowest BCUT2D eigenvalue weighted by Crippen LogP contribution is -2.42. The van der Waals surface area contributed by atoms with Crippen molar-refractivity contribution in [1.82, 2.24) is 0 Å². The van der Waals surface area contributed by atoms with Crippen LogP contribution in [0.3, 0.4) is 0 Å². The average Bonchev–Trinajstić information content (AvgIpc) is 2.66. The van der Waals surface area contributed by atoms with Crippen LogP contribution in [-0.4, -0.2) is 72.9 Å². The molecule has 0 amide bonds. The minimum absolute atomic E-state index is 0. The van der Waals surface area contributed by atoms with Gasteiger partial charge in [0.25, 0.3) is 0 Å². The molecule has 1 aromatic rings. The Morgan fingerprint density at radius 3 is 2.00 bits per heavy atom. The summed E-state index contributed by atoms with van der Waals surface area (Å²) in [6.45, 7) is 0.669. The van der Waals surface area contributed by atoms with Crippen molar-refractivity contribution in [3.05, 3.63) is 29.8 Å². The van der Waals surface area contributed by atoms with Gasteiger partial charge in [0.15, 0.2) is 0 Å². The van der Waals surface area contributed by atoms with E-state index in [1.54, 1.807) is 0 Å². The molecule has 1 aromatic carbocycles. The van der Waals surface area contributed by atoms with Crippen molar-refractivity contribution < 1.29 is 56.3 Å². The Morgan fingerprint density at radius 2 is 1.51 bits per heavy atom. The number of halogens is 3. The lowest BCUT2D eigenvalue weighted by molar-refractivity contribution is -0.873. The number of alkyl halides is 3. The van der Waals surface area contributed by atoms with Crippen molar-refractivity contribution in [3.63, 3.8) is 0 Å². The third kappa shape index (κ3) is 16.6. The summed E-state index contributed by atoms with van der Waals surface area (Å²) in [6.07, 6.45) is -0.952. The molecule has 0 bridgehead atoms. The molecule has 0 aliphatic rings. The summed E-state index contributed by atoms with van der Waals surface area (Å²) < 4.78 is 65.6. The molecule has 0 saturated heterocycles. The normalized spacial score (nSPS) is 14.6. The van der Waals surface area contributed by atoms with Gasteiger partial charge in [0.05, 0.1) is 46.3 Å². The predicted molar refractivity (Wildman–Crippen MR) is 122 cm³/mol. The number of unbranched alkanes of at least 4 members (excludes halogenated alkanes) is 5. The largest absolute Gasteiger partial charge is 0.870 e. The van der Waals surface area contributed by atoms with Gasteiger partial charge in [-0.05, 0) is 37.1 Å². The van der Waals surface area contributed by atoms with Crippen LogP contribution in [0.1, 0.15) is 50.5 Å². The Balaban J connectivity index is 0.0000116. The highest BCUT2D eigenvalue weighted by Gasteiger charge is 2.32. The molecule has 204 valence electrons. The molecule has 0 fully saturated rings. The molecule has 0 radical (unpaired) electrons. The number of nitrogens with zero attached hydrogens (tertiary/aromatic N) is 1. The maximum Gasteiger partial charge on any atom is 0.472 e. The molecule has 0 heterocycles. The number of benzene rings is 1. The van der Waals surface area contributed by atoms with E-state index in [4.69, 9.17) is 18.9 Å². The zero-order chi connectivity index (χ0) is 25.8. The molecule has 13 heteroatoms. The van der Waals surface area contributed by atoms with Crippen molar-refractivity contribution in [3.8, 4) is 5.75 Å². The third-order valence-electron chi connectivity index (χ3n) is 4.68. The molecular formula is C22H37F3NO8P. The number of carboxylic acid groups (broad SMARTS) is 1. The van der Waals surface area contributed by atoms with Crippen LogP contribution in [0.2, 0.25) is 0 Å². The first-order valence-electron chi connectivity index (χ1n) is 11.2. The second kappa shape index (κ2) is 15.4. The first-order valence-corrected chi connectivity index (χ1v) is 12.7. The molecular weight excluding hydrogens is 494 g/mol. The van der Waals surface area contributed by atoms with Gasteiger partial charge >= 0.3 is 20.0 Å². The summed E-state index contributed by atoms with van der Waals surface area (Å²) in [5.74, 6) is -0.726. The smallest absolute Gasteiger partial charge is 0.472 e. The second-order valence-electron chi connectivity index (χ2n) is 9.09. The van der Waals surface area contributed by atoms with Crippen LogP contribution >= 0.6 is 7.82 Å². The number of ether oxygens (including phenoxy) is 1. The van der Waals surface area contributed by atoms with E-state index < -0.39 is 38.1 Å². The van der Waals surface area contributed by atoms with Gasteiger partial charge in [0.1, 0.15) is 18.4 Å². The van der Waals surface area contributed by atoms with E-state index in [9.17, 15) is 27.4 Å². The third-order valence-corrected chi connectivity index (χ3v) is 5.75. The summed E-state index contributed by atoms with van der Waals surface area (Å²) in [7, 11) is 1.11. The van der Waals surface area contributed by atoms with Crippen molar-refractivity contribution in [2.75, 3.05) is 40.9 Å². The number of phosphoric ester groups is 1. The molecule has 0 aliphatic heterocycles. The minimum atomic E-state index is -4.36. The summed E-state index contributed by atoms with van der Waals surface area (Å²) in [6, 6.07) is 4.59. The number of rotatable bonds is 17. The fraction of sp³-hybridized carbons (Fsp3) is 0.682. The van der Waals surface area contributed by atoms with Crippen LogP contribution in [0.15, 0.2) is 24.3 Å². The molecule has 0 spiro atoms. The number of likely N-dealkylation sites (N-methyl/N-ethyl adjacent to an activating group) is 1. The van der Waals surface area contributed by atoms with E-state index in [1.165, 1.54) is 12.1 Å². The van der Waals surface area contributed by atoms with Crippen molar-refractivity contribution in [1.29, 1.82) is 0 Å². The molecule has 0 aromatic heterocycles. The van der Waals surface area contributed by atoms with Gasteiger partial charge in [0, 0.05) is 0 Å². The van der Waals surface area contributed by atoms with E-state index >= 15 is 0 Å². The number of phosphoric acid groups is 1. The summed E-state index contributed by atoms with van der Waals surface area (Å²) in [4.78, 5) is 20.9. The van der Waals surface area contributed by atoms with Gasteiger partial charge in [-0.25, -0.2) is 4.57 Å². The molecule has 2 atom stereocenters. The van der Waals surface area contributed by atoms with Crippen LogP contribution in [0.25, 0.3) is 0 Å². The van der Waals surface area contributed by atoms with E-state index in [0.29, 0.717) is 23.3 Å². The first-order chi connectivity index (χ1) is 15.7. The molecule has 35 heavy (non-hydrogen) atoms. The van der Waals surface area contributed by atoms with Crippen LogP contribution in [0, 0.1) is 0 Å². The Hall–Kier alpha value is -1.69. The zero-order valence-corrected chi connectivity index (χ0v) is 21.3. The van der Waals surface area contributed by atoms with Crippen LogP contribution in [-0.2, 0) is 24.6 Å². The van der Waals surface area contributed by atoms with E-state index in [0.717, 1.165) is 44.2 Å². The maximum absolute atomic E-state index is 12.5. The number of hydrogen-bond acceptors (Lipinski definition) is 6. The SMILES string of the molecule is C[N+](C)(C)C[C@@H](CC(=O)O)OP(=O)(O)OCCCCCCCCOc1ccc(C(F)(F)F)cc1.[OH-]. The Kier molecular flexibility index (Phi) is 14.7. The van der Waals surface area contributed by atoms with Crippen molar-refractivity contribution in [2.45, 2.75) is 57.2 Å². The number of hydrogen-bond donors (Lipinski definition) is 2. The molecule has 1 unspecified atom stereocenters. The van der Waals surface area contributed by atoms with Crippen LogP contribution in [0.5, 0.6) is 5.75 Å². The van der Waals surface area contributed by atoms with E-state index in [2.05, 4.69) is 0 Å². The topological polar surface area (TPSA) is 132 Å². The average molecular weight is 532 g/mol. The fourth-order valence-electron chi connectivity index (χ4n) is 3.18. The lowest BCUT2D eigenvalue weighted by atomic mass is 10.1. The Morgan fingerprint density at radius 1 is 1.00 bits per heavy atom. The van der Waals surface area contributed by atoms with Crippen LogP contribution in [0.4, 0.5) is 13.2 Å². The standard InChI is InChI=1S/C22H35F3NO7P.H2O/c1-26(2,3)17-20(16-21(27)28)33-34(29,30)32-15-9-7-5-4-6-8-14-31-19-12-10-18(11-13-19)22(23,24)25;/h10-13,20H,4-9,14-17H2,1-3H3,(H-,27,28,29,30);1H2/t20-;/m1./s1. The van der Waals surface area contributed by atoms with Gasteiger partial charge in [0.2, 0.25) is 0 Å². The monoisotopic (exact) mass is 531 g/mol. The highest BCUT2D eigenvalue weighted by Crippen LogP contribution is 2.45. The van der Waals surface area contributed by atoms with Crippen molar-refractivity contribution in [2.24, 2.45) is 0 Å². The van der Waals surface area contributed by atoms with Crippen molar-refractivity contribution >= 4 is 13.8 Å². The zero-order valence-electron chi connectivity index (χ0n) is 20.4. The number of quaternary nitrogens is 1. The van der Waals surface area contributed by atoms with E-state index in [1.807, 2.05) is 21.1 Å².